The summed E-state index contributed by atoms with van der Waals surface area (Å²) in [5.74, 6) is 4.76. The first-order valence-electron chi connectivity index (χ1n) is 12.4. The predicted molar refractivity (Wildman–Crippen MR) is 118 cm³/mol. The molecule has 0 aliphatic heterocycles. The molecule has 0 bridgehead atoms. The van der Waals surface area contributed by atoms with Gasteiger partial charge in [-0.15, -0.1) is 0 Å². The molecule has 0 saturated heterocycles. The highest BCUT2D eigenvalue weighted by Crippen LogP contribution is 2.67. The number of rotatable bonds is 5. The molecule has 4 rings (SSSR count). The van der Waals surface area contributed by atoms with Crippen molar-refractivity contribution in [1.82, 2.24) is 0 Å². The maximum Gasteiger partial charge on any atom is 0.159 e. The number of allylic oxidation sites excluding steroid dienone is 1. The molecule has 162 valence electrons. The van der Waals surface area contributed by atoms with E-state index in [2.05, 4.69) is 34.6 Å². The van der Waals surface area contributed by atoms with E-state index in [1.54, 1.807) is 6.08 Å². The van der Waals surface area contributed by atoms with Crippen LogP contribution >= 0.6 is 0 Å². The topological polar surface area (TPSA) is 34.1 Å². The third-order valence-electron chi connectivity index (χ3n) is 9.99. The summed E-state index contributed by atoms with van der Waals surface area (Å²) in [6, 6.07) is 0. The van der Waals surface area contributed by atoms with Gasteiger partial charge in [-0.25, -0.2) is 0 Å². The Labute approximate surface area is 178 Å². The minimum absolute atomic E-state index is 0.0454. The van der Waals surface area contributed by atoms with Crippen molar-refractivity contribution in [2.75, 3.05) is 0 Å². The number of hydrogen-bond acceptors (Lipinski definition) is 2. The highest BCUT2D eigenvalue weighted by molar-refractivity contribution is 6.05. The largest absolute Gasteiger partial charge is 0.295 e. The van der Waals surface area contributed by atoms with E-state index in [4.69, 9.17) is 0 Å². The van der Waals surface area contributed by atoms with Crippen LogP contribution in [0.3, 0.4) is 0 Å². The third kappa shape index (κ3) is 3.47. The van der Waals surface area contributed by atoms with Gasteiger partial charge in [0.1, 0.15) is 0 Å². The Hall–Kier alpha value is -0.920. The normalized spacial score (nSPS) is 42.9. The summed E-state index contributed by atoms with van der Waals surface area (Å²) in [4.78, 5) is 25.1. The van der Waals surface area contributed by atoms with E-state index in [0.29, 0.717) is 41.8 Å². The fourth-order valence-electron chi connectivity index (χ4n) is 8.41. The molecule has 2 heteroatoms. The number of hydrogen-bond donors (Lipinski definition) is 0. The van der Waals surface area contributed by atoms with Crippen molar-refractivity contribution in [3.05, 3.63) is 11.6 Å². The van der Waals surface area contributed by atoms with Crippen LogP contribution in [0, 0.1) is 46.3 Å². The van der Waals surface area contributed by atoms with Gasteiger partial charge in [-0.1, -0.05) is 53.9 Å². The lowest BCUT2D eigenvalue weighted by molar-refractivity contribution is -0.131. The molecular weight excluding hydrogens is 356 g/mol. The average molecular weight is 399 g/mol. The van der Waals surface area contributed by atoms with Crippen molar-refractivity contribution >= 4 is 11.6 Å². The molecule has 29 heavy (non-hydrogen) atoms. The number of carbonyl (C=O) groups is 2. The van der Waals surface area contributed by atoms with Crippen LogP contribution in [0.4, 0.5) is 0 Å². The first-order chi connectivity index (χ1) is 13.7. The molecule has 0 heterocycles. The summed E-state index contributed by atoms with van der Waals surface area (Å²) >= 11 is 0. The van der Waals surface area contributed by atoms with E-state index >= 15 is 0 Å². The zero-order valence-electron chi connectivity index (χ0n) is 19.4. The summed E-state index contributed by atoms with van der Waals surface area (Å²) in [6.07, 6.45) is 13.3. The van der Waals surface area contributed by atoms with Crippen molar-refractivity contribution in [1.29, 1.82) is 0 Å². The second-order valence-corrected chi connectivity index (χ2v) is 12.0. The van der Waals surface area contributed by atoms with E-state index in [9.17, 15) is 9.59 Å². The van der Waals surface area contributed by atoms with Gasteiger partial charge in [0.15, 0.2) is 11.6 Å². The van der Waals surface area contributed by atoms with Crippen molar-refractivity contribution < 1.29 is 9.59 Å². The third-order valence-corrected chi connectivity index (χ3v) is 9.99. The summed E-state index contributed by atoms with van der Waals surface area (Å²) in [5, 5.41) is 0. The quantitative estimate of drug-likeness (QED) is 0.512. The number of fused-ring (bicyclic) bond motifs is 5. The van der Waals surface area contributed by atoms with Crippen LogP contribution in [0.5, 0.6) is 0 Å². The minimum Gasteiger partial charge on any atom is -0.295 e. The lowest BCUT2D eigenvalue weighted by Gasteiger charge is -2.57. The fourth-order valence-corrected chi connectivity index (χ4v) is 8.41. The predicted octanol–water partition coefficient (Wildman–Crippen LogP) is 6.78. The number of carbonyl (C=O) groups excluding carboxylic acids is 2. The van der Waals surface area contributed by atoms with Gasteiger partial charge in [-0.3, -0.25) is 9.59 Å². The summed E-state index contributed by atoms with van der Waals surface area (Å²) in [7, 11) is 0. The van der Waals surface area contributed by atoms with Gasteiger partial charge in [-0.2, -0.15) is 0 Å². The molecule has 4 aliphatic rings. The Morgan fingerprint density at radius 1 is 1.00 bits per heavy atom. The standard InChI is InChI=1S/C27H42O2/c1-17(2)7-6-8-18(3)21-9-10-22-20-16-25(29)24-15-19(28)11-13-27(24,5)23(20)12-14-26(21,22)4/h15,17-18,20-23H,6-14,16H2,1-5H3/t18-,20+,21-,22+,23+,26-,27-/m1/s1. The molecule has 4 aliphatic carbocycles. The monoisotopic (exact) mass is 398 g/mol. The van der Waals surface area contributed by atoms with Gasteiger partial charge in [-0.05, 0) is 84.5 Å². The van der Waals surface area contributed by atoms with Gasteiger partial charge in [0.05, 0.1) is 0 Å². The first kappa shape index (κ1) is 21.3. The van der Waals surface area contributed by atoms with E-state index in [0.717, 1.165) is 29.7 Å². The molecule has 0 amide bonds. The van der Waals surface area contributed by atoms with Crippen LogP contribution < -0.4 is 0 Å². The molecule has 0 unspecified atom stereocenters. The first-order valence-corrected chi connectivity index (χ1v) is 12.4. The Morgan fingerprint density at radius 2 is 1.76 bits per heavy atom. The molecule has 0 aromatic rings. The Morgan fingerprint density at radius 3 is 2.48 bits per heavy atom. The van der Waals surface area contributed by atoms with Gasteiger partial charge in [0.25, 0.3) is 0 Å². The van der Waals surface area contributed by atoms with Gasteiger partial charge in [0, 0.05) is 18.4 Å². The Bertz CT molecular complexity index is 703. The molecular formula is C27H42O2. The lowest BCUT2D eigenvalue weighted by Crippen LogP contribution is -2.53. The van der Waals surface area contributed by atoms with Crippen molar-refractivity contribution in [3.63, 3.8) is 0 Å². The second-order valence-electron chi connectivity index (χ2n) is 12.0. The molecule has 7 atom stereocenters. The van der Waals surface area contributed by atoms with Crippen LogP contribution in [0.15, 0.2) is 11.6 Å². The van der Waals surface area contributed by atoms with Crippen LogP contribution in [0.2, 0.25) is 0 Å². The average Bonchev–Trinajstić information content (AvgIpc) is 3.00. The Balaban J connectivity index is 1.54. The molecule has 2 nitrogen and oxygen atoms in total. The van der Waals surface area contributed by atoms with Gasteiger partial charge in [0.2, 0.25) is 0 Å². The highest BCUT2D eigenvalue weighted by atomic mass is 16.1. The Kier molecular flexibility index (Phi) is 5.62. The van der Waals surface area contributed by atoms with Crippen molar-refractivity contribution in [2.24, 2.45) is 46.3 Å². The maximum absolute atomic E-state index is 13.1. The molecule has 0 N–H and O–H groups in total. The molecule has 3 saturated carbocycles. The van der Waals surface area contributed by atoms with E-state index < -0.39 is 0 Å². The molecule has 0 radical (unpaired) electrons. The van der Waals surface area contributed by atoms with Crippen LogP contribution in [0.1, 0.15) is 98.8 Å². The molecule has 3 fully saturated rings. The van der Waals surface area contributed by atoms with Crippen LogP contribution in [-0.4, -0.2) is 11.6 Å². The molecule has 0 spiro atoms. The van der Waals surface area contributed by atoms with E-state index in [1.165, 1.54) is 44.9 Å². The smallest absolute Gasteiger partial charge is 0.159 e. The maximum atomic E-state index is 13.1. The number of Topliss-reactive ketones (excluding diaryl/α,β-unsaturated/α-hetero) is 1. The highest BCUT2D eigenvalue weighted by Gasteiger charge is 2.60. The van der Waals surface area contributed by atoms with Crippen LogP contribution in [0.25, 0.3) is 0 Å². The zero-order chi connectivity index (χ0) is 21.0. The van der Waals surface area contributed by atoms with E-state index in [-0.39, 0.29) is 11.2 Å². The SMILES string of the molecule is CC(C)CCC[C@@H](C)[C@H]1CC[C@H]2[C@@H]3CC(=O)C4=CC(=O)CC[C@]4(C)[C@H]3CC[C@]12C. The molecule has 0 aromatic heterocycles. The van der Waals surface area contributed by atoms with Gasteiger partial charge < -0.3 is 0 Å². The van der Waals surface area contributed by atoms with Crippen molar-refractivity contribution in [3.8, 4) is 0 Å². The second kappa shape index (κ2) is 7.65. The number of ketones is 2. The summed E-state index contributed by atoms with van der Waals surface area (Å²) in [5.41, 5.74) is 1.26. The summed E-state index contributed by atoms with van der Waals surface area (Å²) in [6.45, 7) is 12.1. The van der Waals surface area contributed by atoms with Crippen LogP contribution in [-0.2, 0) is 9.59 Å². The fraction of sp³-hybridized carbons (Fsp3) is 0.852. The minimum atomic E-state index is -0.0454. The zero-order valence-corrected chi connectivity index (χ0v) is 19.4. The van der Waals surface area contributed by atoms with Gasteiger partial charge >= 0.3 is 0 Å². The molecule has 0 aromatic carbocycles. The van der Waals surface area contributed by atoms with Crippen molar-refractivity contribution in [2.45, 2.75) is 98.8 Å². The lowest BCUT2D eigenvalue weighted by atomic mass is 9.46. The summed E-state index contributed by atoms with van der Waals surface area (Å²) < 4.78 is 0. The van der Waals surface area contributed by atoms with E-state index in [1.807, 2.05) is 0 Å².